The third-order valence-electron chi connectivity index (χ3n) is 1.72. The smallest absolute Gasteiger partial charge is 0.00452 e. The zero-order chi connectivity index (χ0) is 8.27. The first-order valence-corrected chi connectivity index (χ1v) is 4.39. The standard InChI is InChI=1S/C10H11Br/c1-8(9(2)11)10-6-4-3-5-7-10/h3-7H,1-2H3/b9-8-. The van der Waals surface area contributed by atoms with Crippen LogP contribution in [-0.2, 0) is 0 Å². The van der Waals surface area contributed by atoms with Gasteiger partial charge in [0.1, 0.15) is 0 Å². The van der Waals surface area contributed by atoms with Gasteiger partial charge in [-0.1, -0.05) is 46.3 Å². The molecule has 0 heterocycles. The van der Waals surface area contributed by atoms with Gasteiger partial charge in [0.2, 0.25) is 0 Å². The highest BCUT2D eigenvalue weighted by Crippen LogP contribution is 2.20. The van der Waals surface area contributed by atoms with Gasteiger partial charge in [-0.2, -0.15) is 0 Å². The second kappa shape index (κ2) is 3.72. The molecule has 0 saturated carbocycles. The van der Waals surface area contributed by atoms with Gasteiger partial charge in [0.15, 0.2) is 0 Å². The SMILES string of the molecule is C/C(Br)=C(\C)c1ccccc1. The summed E-state index contributed by atoms with van der Waals surface area (Å²) >= 11 is 3.46. The molecule has 0 aliphatic heterocycles. The molecule has 1 heteroatoms. The lowest BCUT2D eigenvalue weighted by atomic mass is 10.1. The molecule has 0 bridgehead atoms. The van der Waals surface area contributed by atoms with E-state index in [1.54, 1.807) is 0 Å². The average Bonchev–Trinajstić information content (AvgIpc) is 2.05. The molecule has 0 saturated heterocycles. The Morgan fingerprint density at radius 3 is 2.09 bits per heavy atom. The van der Waals surface area contributed by atoms with E-state index in [0.29, 0.717) is 0 Å². The fraction of sp³-hybridized carbons (Fsp3) is 0.200. The van der Waals surface area contributed by atoms with E-state index in [2.05, 4.69) is 54.0 Å². The third-order valence-corrected chi connectivity index (χ3v) is 2.32. The zero-order valence-corrected chi connectivity index (χ0v) is 8.35. The third kappa shape index (κ3) is 2.19. The Bertz CT molecular complexity index is 255. The van der Waals surface area contributed by atoms with Crippen molar-refractivity contribution in [2.75, 3.05) is 0 Å². The van der Waals surface area contributed by atoms with E-state index in [1.165, 1.54) is 15.6 Å². The Morgan fingerprint density at radius 1 is 1.09 bits per heavy atom. The van der Waals surface area contributed by atoms with Gasteiger partial charge >= 0.3 is 0 Å². The predicted octanol–water partition coefficient (Wildman–Crippen LogP) is 3.83. The van der Waals surface area contributed by atoms with E-state index in [4.69, 9.17) is 0 Å². The summed E-state index contributed by atoms with van der Waals surface area (Å²) in [7, 11) is 0. The molecule has 1 aromatic carbocycles. The van der Waals surface area contributed by atoms with E-state index in [-0.39, 0.29) is 0 Å². The summed E-state index contributed by atoms with van der Waals surface area (Å²) in [5.41, 5.74) is 2.58. The molecule has 0 nitrogen and oxygen atoms in total. The molecule has 0 N–H and O–H groups in total. The minimum Gasteiger partial charge on any atom is -0.0622 e. The van der Waals surface area contributed by atoms with Crippen LogP contribution in [0.25, 0.3) is 5.57 Å². The van der Waals surface area contributed by atoms with Crippen molar-refractivity contribution in [2.45, 2.75) is 13.8 Å². The van der Waals surface area contributed by atoms with Crippen LogP contribution in [-0.4, -0.2) is 0 Å². The molecule has 0 fully saturated rings. The van der Waals surface area contributed by atoms with Crippen molar-refractivity contribution in [3.63, 3.8) is 0 Å². The lowest BCUT2D eigenvalue weighted by Gasteiger charge is -2.01. The molecule has 0 amide bonds. The van der Waals surface area contributed by atoms with Crippen LogP contribution in [0.5, 0.6) is 0 Å². The van der Waals surface area contributed by atoms with E-state index in [9.17, 15) is 0 Å². The summed E-state index contributed by atoms with van der Waals surface area (Å²) in [6.07, 6.45) is 0. The molecule has 0 aromatic heterocycles. The van der Waals surface area contributed by atoms with Crippen LogP contribution in [0.4, 0.5) is 0 Å². The lowest BCUT2D eigenvalue weighted by Crippen LogP contribution is -1.78. The minimum atomic E-state index is 1.20. The number of hydrogen-bond donors (Lipinski definition) is 0. The van der Waals surface area contributed by atoms with Crippen LogP contribution < -0.4 is 0 Å². The van der Waals surface area contributed by atoms with Gasteiger partial charge in [0, 0.05) is 0 Å². The van der Waals surface area contributed by atoms with Gasteiger partial charge in [-0.15, -0.1) is 0 Å². The van der Waals surface area contributed by atoms with E-state index in [1.807, 2.05) is 6.07 Å². The molecule has 58 valence electrons. The average molecular weight is 211 g/mol. The van der Waals surface area contributed by atoms with Gasteiger partial charge in [-0.05, 0) is 29.5 Å². The monoisotopic (exact) mass is 210 g/mol. The highest BCUT2D eigenvalue weighted by Gasteiger charge is 1.95. The fourth-order valence-corrected chi connectivity index (χ4v) is 1.12. The molecule has 0 aliphatic carbocycles. The van der Waals surface area contributed by atoms with Gasteiger partial charge in [-0.25, -0.2) is 0 Å². The first kappa shape index (κ1) is 8.54. The Morgan fingerprint density at radius 2 is 1.64 bits per heavy atom. The second-order valence-corrected chi connectivity index (χ2v) is 3.71. The first-order valence-electron chi connectivity index (χ1n) is 3.60. The van der Waals surface area contributed by atoms with Crippen LogP contribution in [0.1, 0.15) is 19.4 Å². The van der Waals surface area contributed by atoms with Gasteiger partial charge < -0.3 is 0 Å². The summed E-state index contributed by atoms with van der Waals surface area (Å²) < 4.78 is 1.20. The molecule has 0 aliphatic rings. The van der Waals surface area contributed by atoms with E-state index >= 15 is 0 Å². The molecule has 1 aromatic rings. The molecular formula is C10H11Br. The van der Waals surface area contributed by atoms with Crippen molar-refractivity contribution in [1.82, 2.24) is 0 Å². The topological polar surface area (TPSA) is 0 Å². The maximum atomic E-state index is 3.46. The number of benzene rings is 1. The predicted molar refractivity (Wildman–Crippen MR) is 53.6 cm³/mol. The summed E-state index contributed by atoms with van der Waals surface area (Å²) in [6.45, 7) is 4.17. The van der Waals surface area contributed by atoms with Crippen LogP contribution in [0.2, 0.25) is 0 Å². The number of halogens is 1. The molecular weight excluding hydrogens is 200 g/mol. The summed E-state index contributed by atoms with van der Waals surface area (Å²) in [5, 5.41) is 0. The van der Waals surface area contributed by atoms with Crippen LogP contribution in [0, 0.1) is 0 Å². The van der Waals surface area contributed by atoms with Crippen LogP contribution >= 0.6 is 15.9 Å². The highest BCUT2D eigenvalue weighted by atomic mass is 79.9. The number of allylic oxidation sites excluding steroid dienone is 2. The Balaban J connectivity index is 3.04. The van der Waals surface area contributed by atoms with Crippen molar-refractivity contribution in [3.8, 4) is 0 Å². The molecule has 0 atom stereocenters. The molecule has 0 unspecified atom stereocenters. The van der Waals surface area contributed by atoms with Gasteiger partial charge in [0.25, 0.3) is 0 Å². The summed E-state index contributed by atoms with van der Waals surface area (Å²) in [4.78, 5) is 0. The summed E-state index contributed by atoms with van der Waals surface area (Å²) in [5.74, 6) is 0. The molecule has 0 radical (unpaired) electrons. The van der Waals surface area contributed by atoms with Crippen LogP contribution in [0.15, 0.2) is 34.8 Å². The van der Waals surface area contributed by atoms with Gasteiger partial charge in [0.05, 0.1) is 0 Å². The quantitative estimate of drug-likeness (QED) is 0.662. The van der Waals surface area contributed by atoms with Crippen molar-refractivity contribution in [3.05, 3.63) is 40.4 Å². The largest absolute Gasteiger partial charge is 0.0622 e. The van der Waals surface area contributed by atoms with Crippen molar-refractivity contribution in [2.24, 2.45) is 0 Å². The van der Waals surface area contributed by atoms with Gasteiger partial charge in [-0.3, -0.25) is 0 Å². The van der Waals surface area contributed by atoms with Crippen LogP contribution in [0.3, 0.4) is 0 Å². The number of rotatable bonds is 1. The Hall–Kier alpha value is -0.560. The maximum Gasteiger partial charge on any atom is -0.00452 e. The van der Waals surface area contributed by atoms with Crippen molar-refractivity contribution >= 4 is 21.5 Å². The molecule has 0 spiro atoms. The highest BCUT2D eigenvalue weighted by molar-refractivity contribution is 9.11. The molecule has 11 heavy (non-hydrogen) atoms. The Labute approximate surface area is 76.1 Å². The minimum absolute atomic E-state index is 1.20. The second-order valence-electron chi connectivity index (χ2n) is 2.52. The molecule has 1 rings (SSSR count). The van der Waals surface area contributed by atoms with Crippen molar-refractivity contribution < 1.29 is 0 Å². The maximum absolute atomic E-state index is 3.46. The van der Waals surface area contributed by atoms with E-state index in [0.717, 1.165) is 0 Å². The normalized spacial score (nSPS) is 12.6. The first-order chi connectivity index (χ1) is 5.22. The lowest BCUT2D eigenvalue weighted by molar-refractivity contribution is 1.53. The zero-order valence-electron chi connectivity index (χ0n) is 6.76. The number of hydrogen-bond acceptors (Lipinski definition) is 0. The Kier molecular flexibility index (Phi) is 2.89. The van der Waals surface area contributed by atoms with Crippen molar-refractivity contribution in [1.29, 1.82) is 0 Å². The van der Waals surface area contributed by atoms with E-state index < -0.39 is 0 Å². The fourth-order valence-electron chi connectivity index (χ4n) is 0.887. The summed E-state index contributed by atoms with van der Waals surface area (Å²) in [6, 6.07) is 10.4.